The quantitative estimate of drug-likeness (QED) is 0.613. The van der Waals surface area contributed by atoms with E-state index in [-0.39, 0.29) is 11.9 Å². The van der Waals surface area contributed by atoms with E-state index >= 15 is 0 Å². The monoisotopic (exact) mass is 183 g/mol. The molecule has 3 heteroatoms. The Kier molecular flexibility index (Phi) is 5.96. The van der Waals surface area contributed by atoms with Crippen molar-refractivity contribution in [3.8, 4) is 6.07 Å². The molecule has 0 heterocycles. The minimum Gasteiger partial charge on any atom is -0.465 e. The lowest BCUT2D eigenvalue weighted by Crippen LogP contribution is -2.22. The standard InChI is InChI=1S/C10H17NO2/c1-4-6-8(3)9(7-11)10(12)13-5-2/h8-9H,4-6H2,1-3H3/t8-,9+/m0/s1. The third kappa shape index (κ3) is 3.93. The van der Waals surface area contributed by atoms with Crippen LogP contribution in [0, 0.1) is 23.2 Å². The molecule has 0 rings (SSSR count). The molecule has 13 heavy (non-hydrogen) atoms. The predicted molar refractivity (Wildman–Crippen MR) is 49.8 cm³/mol. The molecule has 2 atom stereocenters. The Morgan fingerprint density at radius 1 is 1.54 bits per heavy atom. The average Bonchev–Trinajstić information content (AvgIpc) is 2.06. The summed E-state index contributed by atoms with van der Waals surface area (Å²) >= 11 is 0. The Morgan fingerprint density at radius 2 is 2.15 bits per heavy atom. The molecular formula is C10H17NO2. The molecule has 0 bridgehead atoms. The summed E-state index contributed by atoms with van der Waals surface area (Å²) in [6, 6.07) is 2.00. The van der Waals surface area contributed by atoms with Gasteiger partial charge in [0.15, 0.2) is 0 Å². The fraction of sp³-hybridized carbons (Fsp3) is 0.800. The Labute approximate surface area is 79.7 Å². The van der Waals surface area contributed by atoms with Crippen LogP contribution in [0.4, 0.5) is 0 Å². The SMILES string of the molecule is CCC[C@H](C)[C@@H](C#N)C(=O)OCC. The summed E-state index contributed by atoms with van der Waals surface area (Å²) in [5.74, 6) is -0.889. The van der Waals surface area contributed by atoms with Gasteiger partial charge in [0.25, 0.3) is 0 Å². The van der Waals surface area contributed by atoms with Gasteiger partial charge in [0.05, 0.1) is 12.7 Å². The first kappa shape index (κ1) is 12.0. The van der Waals surface area contributed by atoms with E-state index in [1.165, 1.54) is 0 Å². The van der Waals surface area contributed by atoms with Crippen LogP contribution in [0.3, 0.4) is 0 Å². The first-order valence-corrected chi connectivity index (χ1v) is 4.73. The second kappa shape index (κ2) is 6.47. The molecule has 0 aromatic carbocycles. The molecule has 0 spiro atoms. The van der Waals surface area contributed by atoms with Gasteiger partial charge in [-0.25, -0.2) is 0 Å². The Morgan fingerprint density at radius 3 is 2.54 bits per heavy atom. The van der Waals surface area contributed by atoms with Crippen LogP contribution in [0.15, 0.2) is 0 Å². The smallest absolute Gasteiger partial charge is 0.323 e. The van der Waals surface area contributed by atoms with Gasteiger partial charge in [-0.05, 0) is 19.3 Å². The van der Waals surface area contributed by atoms with Gasteiger partial charge in [0, 0.05) is 0 Å². The number of rotatable bonds is 5. The first-order valence-electron chi connectivity index (χ1n) is 4.73. The number of hydrogen-bond acceptors (Lipinski definition) is 3. The number of esters is 1. The van der Waals surface area contributed by atoms with Crippen LogP contribution in [-0.2, 0) is 9.53 Å². The summed E-state index contributed by atoms with van der Waals surface area (Å²) in [4.78, 5) is 11.2. The predicted octanol–water partition coefficient (Wildman–Crippen LogP) is 2.13. The summed E-state index contributed by atoms with van der Waals surface area (Å²) < 4.78 is 4.80. The van der Waals surface area contributed by atoms with Crippen molar-refractivity contribution in [2.45, 2.75) is 33.6 Å². The van der Waals surface area contributed by atoms with E-state index in [9.17, 15) is 4.79 Å². The zero-order chi connectivity index (χ0) is 10.3. The summed E-state index contributed by atoms with van der Waals surface area (Å²) in [5.41, 5.74) is 0. The zero-order valence-corrected chi connectivity index (χ0v) is 8.54. The van der Waals surface area contributed by atoms with Crippen molar-refractivity contribution in [3.05, 3.63) is 0 Å². The van der Waals surface area contributed by atoms with E-state index in [4.69, 9.17) is 10.00 Å². The van der Waals surface area contributed by atoms with Gasteiger partial charge < -0.3 is 4.74 Å². The van der Waals surface area contributed by atoms with Crippen molar-refractivity contribution in [3.63, 3.8) is 0 Å². The maximum absolute atomic E-state index is 11.2. The number of nitriles is 1. The highest BCUT2D eigenvalue weighted by atomic mass is 16.5. The fourth-order valence-electron chi connectivity index (χ4n) is 1.27. The molecule has 0 amide bonds. The van der Waals surface area contributed by atoms with Crippen LogP contribution in [0.2, 0.25) is 0 Å². The van der Waals surface area contributed by atoms with Crippen molar-refractivity contribution < 1.29 is 9.53 Å². The van der Waals surface area contributed by atoms with E-state index in [0.717, 1.165) is 12.8 Å². The van der Waals surface area contributed by atoms with Crippen molar-refractivity contribution in [2.75, 3.05) is 6.61 Å². The Hall–Kier alpha value is -1.04. The van der Waals surface area contributed by atoms with Gasteiger partial charge in [0.2, 0.25) is 0 Å². The number of carbonyl (C=O) groups excluding carboxylic acids is 1. The summed E-state index contributed by atoms with van der Waals surface area (Å²) in [5, 5.41) is 8.77. The van der Waals surface area contributed by atoms with Gasteiger partial charge >= 0.3 is 5.97 Å². The molecule has 0 aromatic heterocycles. The number of hydrogen-bond donors (Lipinski definition) is 0. The van der Waals surface area contributed by atoms with E-state index in [1.807, 2.05) is 19.9 Å². The van der Waals surface area contributed by atoms with Gasteiger partial charge in [-0.3, -0.25) is 4.79 Å². The normalized spacial score (nSPS) is 14.3. The van der Waals surface area contributed by atoms with Gasteiger partial charge in [-0.1, -0.05) is 20.3 Å². The third-order valence-corrected chi connectivity index (χ3v) is 1.99. The molecule has 0 fully saturated rings. The third-order valence-electron chi connectivity index (χ3n) is 1.99. The van der Waals surface area contributed by atoms with Crippen molar-refractivity contribution >= 4 is 5.97 Å². The molecule has 0 aliphatic carbocycles. The molecular weight excluding hydrogens is 166 g/mol. The number of nitrogens with zero attached hydrogens (tertiary/aromatic N) is 1. The van der Waals surface area contributed by atoms with Crippen molar-refractivity contribution in [1.82, 2.24) is 0 Å². The topological polar surface area (TPSA) is 50.1 Å². The summed E-state index contributed by atoms with van der Waals surface area (Å²) in [7, 11) is 0. The van der Waals surface area contributed by atoms with Gasteiger partial charge in [0.1, 0.15) is 5.92 Å². The maximum atomic E-state index is 11.2. The van der Waals surface area contributed by atoms with Gasteiger partial charge in [-0.2, -0.15) is 5.26 Å². The average molecular weight is 183 g/mol. The van der Waals surface area contributed by atoms with Gasteiger partial charge in [-0.15, -0.1) is 0 Å². The molecule has 3 nitrogen and oxygen atoms in total. The van der Waals surface area contributed by atoms with Crippen LogP contribution in [-0.4, -0.2) is 12.6 Å². The molecule has 0 radical (unpaired) electrons. The summed E-state index contributed by atoms with van der Waals surface area (Å²) in [6.07, 6.45) is 1.87. The highest BCUT2D eigenvalue weighted by Crippen LogP contribution is 2.17. The molecule has 74 valence electrons. The molecule has 0 N–H and O–H groups in total. The Bertz CT molecular complexity index is 196. The van der Waals surface area contributed by atoms with E-state index in [1.54, 1.807) is 6.92 Å². The highest BCUT2D eigenvalue weighted by molar-refractivity contribution is 5.75. The van der Waals surface area contributed by atoms with E-state index < -0.39 is 5.92 Å². The number of carbonyl (C=O) groups is 1. The van der Waals surface area contributed by atoms with Crippen LogP contribution < -0.4 is 0 Å². The minimum atomic E-state index is -0.597. The highest BCUT2D eigenvalue weighted by Gasteiger charge is 2.25. The second-order valence-corrected chi connectivity index (χ2v) is 3.12. The maximum Gasteiger partial charge on any atom is 0.323 e. The molecule has 0 aromatic rings. The zero-order valence-electron chi connectivity index (χ0n) is 8.54. The van der Waals surface area contributed by atoms with E-state index in [2.05, 4.69) is 0 Å². The largest absolute Gasteiger partial charge is 0.465 e. The molecule has 0 unspecified atom stereocenters. The first-order chi connectivity index (χ1) is 6.17. The molecule has 0 aliphatic rings. The van der Waals surface area contributed by atoms with Crippen LogP contribution in [0.25, 0.3) is 0 Å². The molecule has 0 aliphatic heterocycles. The van der Waals surface area contributed by atoms with E-state index in [0.29, 0.717) is 6.61 Å². The summed E-state index contributed by atoms with van der Waals surface area (Å²) in [6.45, 7) is 6.04. The van der Waals surface area contributed by atoms with Crippen molar-refractivity contribution in [1.29, 1.82) is 5.26 Å². The van der Waals surface area contributed by atoms with Crippen molar-refractivity contribution in [2.24, 2.45) is 11.8 Å². The Balaban J connectivity index is 4.17. The van der Waals surface area contributed by atoms with Crippen LogP contribution in [0.1, 0.15) is 33.6 Å². The minimum absolute atomic E-state index is 0.0917. The lowest BCUT2D eigenvalue weighted by Gasteiger charge is -2.14. The van der Waals surface area contributed by atoms with Crippen LogP contribution in [0.5, 0.6) is 0 Å². The second-order valence-electron chi connectivity index (χ2n) is 3.12. The van der Waals surface area contributed by atoms with Crippen LogP contribution >= 0.6 is 0 Å². The lowest BCUT2D eigenvalue weighted by atomic mass is 9.91. The fourth-order valence-corrected chi connectivity index (χ4v) is 1.27. The number of ether oxygens (including phenoxy) is 1. The lowest BCUT2D eigenvalue weighted by molar-refractivity contribution is -0.147. The molecule has 0 saturated carbocycles. The molecule has 0 saturated heterocycles.